The van der Waals surface area contributed by atoms with E-state index in [1.165, 1.54) is 5.56 Å². The summed E-state index contributed by atoms with van der Waals surface area (Å²) < 4.78 is 0. The van der Waals surface area contributed by atoms with Gasteiger partial charge in [0.1, 0.15) is 0 Å². The zero-order valence-electron chi connectivity index (χ0n) is 12.0. The average molecular weight is 301 g/mol. The topological polar surface area (TPSA) is 41.5 Å². The number of hydrogen-bond donors (Lipinski definition) is 1. The molecule has 21 heavy (non-hydrogen) atoms. The van der Waals surface area contributed by atoms with Crippen LogP contribution in [-0.2, 0) is 0 Å². The van der Waals surface area contributed by atoms with Gasteiger partial charge in [-0.15, -0.1) is 0 Å². The number of amides is 1. The van der Waals surface area contributed by atoms with E-state index in [1.54, 1.807) is 30.5 Å². The van der Waals surface area contributed by atoms with Gasteiger partial charge in [0.25, 0.3) is 5.91 Å². The number of rotatable bonds is 4. The van der Waals surface area contributed by atoms with Gasteiger partial charge in [0, 0.05) is 10.6 Å². The van der Waals surface area contributed by atoms with Gasteiger partial charge in [0.2, 0.25) is 0 Å². The number of carbonyl (C=O) groups excluding carboxylic acids is 1. The van der Waals surface area contributed by atoms with Crippen molar-refractivity contribution in [1.82, 2.24) is 5.43 Å². The smallest absolute Gasteiger partial charge is 0.267 e. The minimum absolute atomic E-state index is 0.233. The summed E-state index contributed by atoms with van der Waals surface area (Å²) in [6.45, 7) is 4.23. The predicted octanol–water partition coefficient (Wildman–Crippen LogP) is 4.23. The molecule has 2 aromatic rings. The Bertz CT molecular complexity index is 648. The Morgan fingerprint density at radius 3 is 2.52 bits per heavy atom. The monoisotopic (exact) mass is 300 g/mol. The van der Waals surface area contributed by atoms with Crippen LogP contribution >= 0.6 is 11.6 Å². The van der Waals surface area contributed by atoms with Crippen LogP contribution in [0.2, 0.25) is 5.02 Å². The van der Waals surface area contributed by atoms with Crippen LogP contribution < -0.4 is 5.43 Å². The van der Waals surface area contributed by atoms with Crippen molar-refractivity contribution in [1.29, 1.82) is 0 Å². The summed E-state index contributed by atoms with van der Waals surface area (Å²) in [6, 6.07) is 14.8. The van der Waals surface area contributed by atoms with Crippen LogP contribution in [0.5, 0.6) is 0 Å². The summed E-state index contributed by atoms with van der Waals surface area (Å²) in [5, 5.41) is 4.57. The molecule has 0 atom stereocenters. The maximum absolute atomic E-state index is 11.9. The standard InChI is InChI=1S/C17H17ClN2O/c1-12(2)14-6-8-15(9-7-14)17(21)20-19-11-13-4-3-5-16(18)10-13/h3-12H,1-2H3,(H,20,21). The highest BCUT2D eigenvalue weighted by molar-refractivity contribution is 6.30. The lowest BCUT2D eigenvalue weighted by Crippen LogP contribution is -2.17. The van der Waals surface area contributed by atoms with Crippen molar-refractivity contribution in [2.75, 3.05) is 0 Å². The highest BCUT2D eigenvalue weighted by atomic mass is 35.5. The quantitative estimate of drug-likeness (QED) is 0.666. The summed E-state index contributed by atoms with van der Waals surface area (Å²) in [6.07, 6.45) is 1.56. The van der Waals surface area contributed by atoms with Gasteiger partial charge in [-0.2, -0.15) is 5.10 Å². The van der Waals surface area contributed by atoms with E-state index in [0.29, 0.717) is 16.5 Å². The number of nitrogens with one attached hydrogen (secondary N) is 1. The van der Waals surface area contributed by atoms with E-state index in [4.69, 9.17) is 11.6 Å². The lowest BCUT2D eigenvalue weighted by atomic mass is 10.0. The second-order valence-corrected chi connectivity index (χ2v) is 5.47. The van der Waals surface area contributed by atoms with Crippen molar-refractivity contribution < 1.29 is 4.79 Å². The molecule has 0 spiro atoms. The maximum atomic E-state index is 11.9. The first-order valence-corrected chi connectivity index (χ1v) is 7.13. The molecule has 0 fully saturated rings. The van der Waals surface area contributed by atoms with Crippen molar-refractivity contribution in [3.8, 4) is 0 Å². The lowest BCUT2D eigenvalue weighted by Gasteiger charge is -2.05. The zero-order chi connectivity index (χ0) is 15.2. The highest BCUT2D eigenvalue weighted by Crippen LogP contribution is 2.14. The first kappa shape index (κ1) is 15.3. The van der Waals surface area contributed by atoms with Gasteiger partial charge in [-0.05, 0) is 41.3 Å². The fourth-order valence-electron chi connectivity index (χ4n) is 1.84. The van der Waals surface area contributed by atoms with E-state index >= 15 is 0 Å². The Kier molecular flexibility index (Phi) is 5.12. The van der Waals surface area contributed by atoms with E-state index < -0.39 is 0 Å². The first-order valence-electron chi connectivity index (χ1n) is 6.75. The molecule has 1 N–H and O–H groups in total. The molecule has 2 aromatic carbocycles. The normalized spacial score (nSPS) is 11.0. The largest absolute Gasteiger partial charge is 0.271 e. The van der Waals surface area contributed by atoms with Crippen LogP contribution in [0.4, 0.5) is 0 Å². The second kappa shape index (κ2) is 7.04. The van der Waals surface area contributed by atoms with E-state index in [2.05, 4.69) is 24.4 Å². The molecule has 0 unspecified atom stereocenters. The molecule has 0 radical (unpaired) electrons. The molecule has 0 heterocycles. The summed E-state index contributed by atoms with van der Waals surface area (Å²) in [7, 11) is 0. The molecule has 4 heteroatoms. The maximum Gasteiger partial charge on any atom is 0.271 e. The molecular weight excluding hydrogens is 284 g/mol. The van der Waals surface area contributed by atoms with Crippen LogP contribution in [0.25, 0.3) is 0 Å². The third-order valence-corrected chi connectivity index (χ3v) is 3.30. The Hall–Kier alpha value is -2.13. The molecule has 0 aliphatic carbocycles. The molecule has 0 saturated carbocycles. The highest BCUT2D eigenvalue weighted by Gasteiger charge is 2.05. The van der Waals surface area contributed by atoms with Crippen molar-refractivity contribution in [3.05, 3.63) is 70.2 Å². The average Bonchev–Trinajstić information content (AvgIpc) is 2.47. The fraction of sp³-hybridized carbons (Fsp3) is 0.176. The Balaban J connectivity index is 1.98. The number of nitrogens with zero attached hydrogens (tertiary/aromatic N) is 1. The number of hydrogen-bond acceptors (Lipinski definition) is 2. The zero-order valence-corrected chi connectivity index (χ0v) is 12.8. The van der Waals surface area contributed by atoms with Crippen LogP contribution in [0.15, 0.2) is 53.6 Å². The molecule has 3 nitrogen and oxygen atoms in total. The van der Waals surface area contributed by atoms with Gasteiger partial charge in [0.05, 0.1) is 6.21 Å². The third kappa shape index (κ3) is 4.43. The minimum atomic E-state index is -0.233. The summed E-state index contributed by atoms with van der Waals surface area (Å²) in [5.41, 5.74) is 5.12. The predicted molar refractivity (Wildman–Crippen MR) is 87.0 cm³/mol. The van der Waals surface area contributed by atoms with Crippen molar-refractivity contribution in [2.45, 2.75) is 19.8 Å². The van der Waals surface area contributed by atoms with Gasteiger partial charge < -0.3 is 0 Å². The number of carbonyl (C=O) groups is 1. The van der Waals surface area contributed by atoms with E-state index in [-0.39, 0.29) is 5.91 Å². The van der Waals surface area contributed by atoms with Crippen LogP contribution in [0.3, 0.4) is 0 Å². The van der Waals surface area contributed by atoms with Gasteiger partial charge >= 0.3 is 0 Å². The van der Waals surface area contributed by atoms with E-state index in [9.17, 15) is 4.79 Å². The SMILES string of the molecule is CC(C)c1ccc(C(=O)NN=Cc2cccc(Cl)c2)cc1. The Morgan fingerprint density at radius 2 is 1.90 bits per heavy atom. The Morgan fingerprint density at radius 1 is 1.19 bits per heavy atom. The molecule has 2 rings (SSSR count). The molecule has 0 saturated heterocycles. The van der Waals surface area contributed by atoms with Crippen LogP contribution in [0.1, 0.15) is 41.3 Å². The molecule has 0 aliphatic rings. The van der Waals surface area contributed by atoms with Gasteiger partial charge in [0.15, 0.2) is 0 Å². The molecule has 108 valence electrons. The number of hydrazone groups is 1. The van der Waals surface area contributed by atoms with Crippen LogP contribution in [-0.4, -0.2) is 12.1 Å². The summed E-state index contributed by atoms with van der Waals surface area (Å²) in [4.78, 5) is 11.9. The molecule has 0 aliphatic heterocycles. The van der Waals surface area contributed by atoms with Crippen molar-refractivity contribution in [3.63, 3.8) is 0 Å². The summed E-state index contributed by atoms with van der Waals surface area (Å²) in [5.74, 6) is 0.214. The fourth-order valence-corrected chi connectivity index (χ4v) is 2.04. The van der Waals surface area contributed by atoms with Crippen LogP contribution in [0, 0.1) is 0 Å². The van der Waals surface area contributed by atoms with Gasteiger partial charge in [-0.1, -0.05) is 49.7 Å². The number of halogens is 1. The van der Waals surface area contributed by atoms with Gasteiger partial charge in [-0.3, -0.25) is 4.79 Å². The number of benzene rings is 2. The molecule has 0 aromatic heterocycles. The lowest BCUT2D eigenvalue weighted by molar-refractivity contribution is 0.0955. The second-order valence-electron chi connectivity index (χ2n) is 5.03. The third-order valence-electron chi connectivity index (χ3n) is 3.07. The van der Waals surface area contributed by atoms with E-state index in [1.807, 2.05) is 24.3 Å². The Labute approximate surface area is 129 Å². The molecule has 1 amide bonds. The molecular formula is C17H17ClN2O. The van der Waals surface area contributed by atoms with Crippen molar-refractivity contribution in [2.24, 2.45) is 5.10 Å². The van der Waals surface area contributed by atoms with E-state index in [0.717, 1.165) is 5.56 Å². The molecule has 0 bridgehead atoms. The van der Waals surface area contributed by atoms with Crippen molar-refractivity contribution >= 4 is 23.7 Å². The minimum Gasteiger partial charge on any atom is -0.267 e. The first-order chi connectivity index (χ1) is 10.1. The van der Waals surface area contributed by atoms with Gasteiger partial charge in [-0.25, -0.2) is 5.43 Å². The summed E-state index contributed by atoms with van der Waals surface area (Å²) >= 11 is 5.87.